The number of hydrogen-bond acceptors (Lipinski definition) is 4. The number of benzene rings is 1. The van der Waals surface area contributed by atoms with Gasteiger partial charge in [-0.25, -0.2) is 13.1 Å². The summed E-state index contributed by atoms with van der Waals surface area (Å²) in [5.41, 5.74) is 4.27. The Morgan fingerprint density at radius 2 is 1.56 bits per heavy atom. The lowest BCUT2D eigenvalue weighted by Gasteiger charge is -2.42. The minimum Gasteiger partial charge on any atom is -0.377 e. The van der Waals surface area contributed by atoms with Gasteiger partial charge in [0.25, 0.3) is 0 Å². The summed E-state index contributed by atoms with van der Waals surface area (Å²) in [5.74, 6) is -0.0595. The Kier molecular flexibility index (Phi) is 6.39. The molecule has 1 saturated heterocycles. The molecular formula is C20H32N2O4S. The van der Waals surface area contributed by atoms with Gasteiger partial charge in [-0.05, 0) is 76.3 Å². The highest BCUT2D eigenvalue weighted by molar-refractivity contribution is 7.89. The van der Waals surface area contributed by atoms with Crippen LogP contribution in [0.4, 0.5) is 0 Å². The van der Waals surface area contributed by atoms with Gasteiger partial charge in [0, 0.05) is 19.5 Å². The monoisotopic (exact) mass is 396 g/mol. The maximum atomic E-state index is 12.9. The van der Waals surface area contributed by atoms with Crippen molar-refractivity contribution in [2.75, 3.05) is 26.3 Å². The molecule has 6 nitrogen and oxygen atoms in total. The average molecular weight is 397 g/mol. The molecule has 0 radical (unpaired) electrons. The van der Waals surface area contributed by atoms with Crippen LogP contribution in [-0.4, -0.2) is 51.1 Å². The van der Waals surface area contributed by atoms with E-state index in [4.69, 9.17) is 4.74 Å². The van der Waals surface area contributed by atoms with E-state index in [0.29, 0.717) is 24.7 Å². The summed E-state index contributed by atoms with van der Waals surface area (Å²) in [6.07, 6.45) is 0.130. The summed E-state index contributed by atoms with van der Waals surface area (Å²) < 4.78 is 33.9. The van der Waals surface area contributed by atoms with Crippen LogP contribution in [0.2, 0.25) is 0 Å². The fourth-order valence-electron chi connectivity index (χ4n) is 3.69. The Balaban J connectivity index is 2.13. The minimum absolute atomic E-state index is 0.0595. The Morgan fingerprint density at radius 1 is 1.04 bits per heavy atom. The first-order chi connectivity index (χ1) is 12.4. The van der Waals surface area contributed by atoms with Gasteiger partial charge >= 0.3 is 0 Å². The van der Waals surface area contributed by atoms with Crippen LogP contribution in [0.25, 0.3) is 0 Å². The molecule has 1 aliphatic rings. The predicted octanol–water partition coefficient (Wildman–Crippen LogP) is 2.53. The van der Waals surface area contributed by atoms with Gasteiger partial charge in [-0.15, -0.1) is 0 Å². The molecule has 1 heterocycles. The van der Waals surface area contributed by atoms with Crippen LogP contribution in [0.3, 0.4) is 0 Å². The first kappa shape index (κ1) is 21.9. The summed E-state index contributed by atoms with van der Waals surface area (Å²) in [4.78, 5) is 14.7. The fraction of sp³-hybridized carbons (Fsp3) is 0.650. The van der Waals surface area contributed by atoms with Crippen molar-refractivity contribution >= 4 is 15.9 Å². The third-order valence-electron chi connectivity index (χ3n) is 5.78. The highest BCUT2D eigenvalue weighted by Gasteiger charge is 2.34. The topological polar surface area (TPSA) is 75.7 Å². The van der Waals surface area contributed by atoms with Crippen molar-refractivity contribution in [2.45, 2.75) is 65.3 Å². The third kappa shape index (κ3) is 4.36. The van der Waals surface area contributed by atoms with E-state index >= 15 is 0 Å². The number of sulfonamides is 1. The summed E-state index contributed by atoms with van der Waals surface area (Å²) in [6, 6.07) is 0. The van der Waals surface area contributed by atoms with Gasteiger partial charge < -0.3 is 9.64 Å². The molecule has 0 saturated carbocycles. The quantitative estimate of drug-likeness (QED) is 0.830. The van der Waals surface area contributed by atoms with E-state index in [9.17, 15) is 13.2 Å². The van der Waals surface area contributed by atoms with Gasteiger partial charge in [0.15, 0.2) is 0 Å². The molecule has 0 aliphatic carbocycles. The highest BCUT2D eigenvalue weighted by atomic mass is 32.2. The second kappa shape index (κ2) is 7.89. The summed E-state index contributed by atoms with van der Waals surface area (Å²) in [7, 11) is -3.68. The molecule has 1 aromatic rings. The standard InChI is InChI=1S/C20H32N2O4S/c1-13-14(2)16(4)19(17(5)15(13)3)27(24,25)21-9-8-18(23)22-10-11-26-12-20(22,6)7/h21H,8-12H2,1-7H3. The van der Waals surface area contributed by atoms with E-state index in [-0.39, 0.29) is 24.4 Å². The van der Waals surface area contributed by atoms with Crippen LogP contribution in [0.5, 0.6) is 0 Å². The largest absolute Gasteiger partial charge is 0.377 e. The second-order valence-corrected chi connectivity index (χ2v) is 9.72. The van der Waals surface area contributed by atoms with Crippen LogP contribution >= 0.6 is 0 Å². The van der Waals surface area contributed by atoms with Crippen molar-refractivity contribution in [3.63, 3.8) is 0 Å². The van der Waals surface area contributed by atoms with Crippen LogP contribution < -0.4 is 4.72 Å². The number of morpholine rings is 1. The lowest BCUT2D eigenvalue weighted by Crippen LogP contribution is -2.55. The number of rotatable bonds is 5. The first-order valence-corrected chi connectivity index (χ1v) is 10.8. The third-order valence-corrected chi connectivity index (χ3v) is 7.51. The number of nitrogens with one attached hydrogen (secondary N) is 1. The first-order valence-electron chi connectivity index (χ1n) is 9.35. The second-order valence-electron chi connectivity index (χ2n) is 8.01. The number of amides is 1. The Bertz CT molecular complexity index is 815. The van der Waals surface area contributed by atoms with Gasteiger partial charge in [0.2, 0.25) is 15.9 Å². The molecule has 152 valence electrons. The molecule has 1 aromatic carbocycles. The van der Waals surface area contributed by atoms with Crippen molar-refractivity contribution in [3.8, 4) is 0 Å². The number of carbonyl (C=O) groups is 1. The molecule has 0 spiro atoms. The number of hydrogen-bond donors (Lipinski definition) is 1. The van der Waals surface area contributed by atoms with Crippen molar-refractivity contribution in [1.29, 1.82) is 0 Å². The van der Waals surface area contributed by atoms with E-state index in [1.165, 1.54) is 0 Å². The van der Waals surface area contributed by atoms with Crippen molar-refractivity contribution < 1.29 is 17.9 Å². The normalized spacial score (nSPS) is 17.2. The molecule has 1 amide bonds. The van der Waals surface area contributed by atoms with Gasteiger partial charge in [-0.1, -0.05) is 0 Å². The molecule has 2 rings (SSSR count). The predicted molar refractivity (Wildman–Crippen MR) is 107 cm³/mol. The fourth-order valence-corrected chi connectivity index (χ4v) is 5.32. The maximum Gasteiger partial charge on any atom is 0.241 e. The summed E-state index contributed by atoms with van der Waals surface area (Å²) in [6.45, 7) is 15.1. The van der Waals surface area contributed by atoms with Crippen LogP contribution in [0.15, 0.2) is 4.90 Å². The molecule has 1 aliphatic heterocycles. The van der Waals surface area contributed by atoms with Crippen molar-refractivity contribution in [3.05, 3.63) is 27.8 Å². The van der Waals surface area contributed by atoms with Gasteiger partial charge in [0.05, 0.1) is 23.6 Å². The lowest BCUT2D eigenvalue weighted by atomic mass is 9.95. The minimum atomic E-state index is -3.68. The zero-order chi connectivity index (χ0) is 20.6. The van der Waals surface area contributed by atoms with E-state index in [0.717, 1.165) is 27.8 Å². The van der Waals surface area contributed by atoms with Crippen molar-refractivity contribution in [2.24, 2.45) is 0 Å². The molecule has 0 aromatic heterocycles. The van der Waals surface area contributed by atoms with Gasteiger partial charge in [-0.3, -0.25) is 4.79 Å². The van der Waals surface area contributed by atoms with Gasteiger partial charge in [-0.2, -0.15) is 0 Å². The van der Waals surface area contributed by atoms with E-state index in [1.807, 2.05) is 48.5 Å². The smallest absolute Gasteiger partial charge is 0.241 e. The highest BCUT2D eigenvalue weighted by Crippen LogP contribution is 2.29. The average Bonchev–Trinajstić information content (AvgIpc) is 2.57. The Hall–Kier alpha value is -1.44. The number of nitrogens with zero attached hydrogens (tertiary/aromatic N) is 1. The zero-order valence-electron chi connectivity index (χ0n) is 17.5. The molecule has 1 fully saturated rings. The molecule has 27 heavy (non-hydrogen) atoms. The molecule has 1 N–H and O–H groups in total. The molecule has 7 heteroatoms. The molecule has 0 atom stereocenters. The van der Waals surface area contributed by atoms with Crippen LogP contribution in [-0.2, 0) is 19.6 Å². The molecular weight excluding hydrogens is 364 g/mol. The summed E-state index contributed by atoms with van der Waals surface area (Å²) >= 11 is 0. The van der Waals surface area contributed by atoms with Crippen LogP contribution in [0, 0.1) is 34.6 Å². The van der Waals surface area contributed by atoms with E-state index in [2.05, 4.69) is 4.72 Å². The molecule has 0 unspecified atom stereocenters. The number of ether oxygens (including phenoxy) is 1. The van der Waals surface area contributed by atoms with Gasteiger partial charge in [0.1, 0.15) is 0 Å². The Labute approximate surface area is 163 Å². The van der Waals surface area contributed by atoms with Crippen molar-refractivity contribution in [1.82, 2.24) is 9.62 Å². The Morgan fingerprint density at radius 3 is 2.07 bits per heavy atom. The SMILES string of the molecule is Cc1c(C)c(C)c(S(=O)(=O)NCCC(=O)N2CCOCC2(C)C)c(C)c1C. The maximum absolute atomic E-state index is 12.9. The zero-order valence-corrected chi connectivity index (χ0v) is 18.3. The van der Waals surface area contributed by atoms with E-state index in [1.54, 1.807) is 4.90 Å². The molecule has 0 bridgehead atoms. The van der Waals surface area contributed by atoms with Crippen LogP contribution in [0.1, 0.15) is 48.1 Å². The summed E-state index contributed by atoms with van der Waals surface area (Å²) in [5, 5.41) is 0. The number of carbonyl (C=O) groups excluding carboxylic acids is 1. The van der Waals surface area contributed by atoms with E-state index < -0.39 is 10.0 Å². The lowest BCUT2D eigenvalue weighted by molar-refractivity contribution is -0.146.